The number of carbonyl (C=O) groups is 1. The summed E-state index contributed by atoms with van der Waals surface area (Å²) in [5.74, 6) is -0.242. The monoisotopic (exact) mass is 215 g/mol. The van der Waals surface area contributed by atoms with Crippen LogP contribution in [0, 0.1) is 6.92 Å². The number of hydrogen-bond acceptors (Lipinski definition) is 3. The van der Waals surface area contributed by atoms with Crippen LogP contribution in [0.3, 0.4) is 0 Å². The topological polar surface area (TPSA) is 52.3 Å². The Morgan fingerprint density at radius 2 is 2.14 bits per heavy atom. The van der Waals surface area contributed by atoms with Gasteiger partial charge in [-0.1, -0.05) is 6.07 Å². The van der Waals surface area contributed by atoms with Crippen molar-refractivity contribution in [2.45, 2.75) is 13.3 Å². The normalized spacial score (nSPS) is 9.00. The second-order valence-corrected chi connectivity index (χ2v) is 2.94. The van der Waals surface area contributed by atoms with Gasteiger partial charge < -0.3 is 10.5 Å². The van der Waals surface area contributed by atoms with Crippen molar-refractivity contribution in [3.8, 4) is 0 Å². The van der Waals surface area contributed by atoms with E-state index in [2.05, 4.69) is 4.74 Å². The summed E-state index contributed by atoms with van der Waals surface area (Å²) in [7, 11) is 1.38. The maximum atomic E-state index is 11.0. The second-order valence-electron chi connectivity index (χ2n) is 2.94. The van der Waals surface area contributed by atoms with Crippen molar-refractivity contribution in [3.05, 3.63) is 29.3 Å². The van der Waals surface area contributed by atoms with Crippen molar-refractivity contribution in [1.82, 2.24) is 0 Å². The van der Waals surface area contributed by atoms with Crippen LogP contribution in [0.5, 0.6) is 0 Å². The summed E-state index contributed by atoms with van der Waals surface area (Å²) in [5, 5.41) is 0. The first kappa shape index (κ1) is 12.8. The zero-order valence-electron chi connectivity index (χ0n) is 8.24. The number of methoxy groups -OCH3 is 1. The number of nitrogens with two attached hydrogens (primary N) is 1. The number of halogens is 1. The fourth-order valence-corrected chi connectivity index (χ4v) is 1.11. The van der Waals surface area contributed by atoms with Gasteiger partial charge in [0.1, 0.15) is 0 Å². The van der Waals surface area contributed by atoms with E-state index in [0.717, 1.165) is 11.1 Å². The lowest BCUT2D eigenvalue weighted by Gasteiger charge is -2.05. The molecule has 0 aromatic heterocycles. The van der Waals surface area contributed by atoms with Crippen LogP contribution in [-0.2, 0) is 16.0 Å². The van der Waals surface area contributed by atoms with Crippen molar-refractivity contribution >= 4 is 24.1 Å². The van der Waals surface area contributed by atoms with E-state index in [4.69, 9.17) is 5.73 Å². The van der Waals surface area contributed by atoms with E-state index in [1.54, 1.807) is 6.07 Å². The molecule has 0 aliphatic rings. The van der Waals surface area contributed by atoms with Crippen molar-refractivity contribution in [2.75, 3.05) is 12.8 Å². The Morgan fingerprint density at radius 1 is 1.50 bits per heavy atom. The Bertz CT molecular complexity index is 326. The van der Waals surface area contributed by atoms with Crippen LogP contribution in [0.4, 0.5) is 5.69 Å². The predicted molar refractivity (Wildman–Crippen MR) is 58.6 cm³/mol. The van der Waals surface area contributed by atoms with Crippen molar-refractivity contribution in [2.24, 2.45) is 0 Å². The molecule has 0 aliphatic carbocycles. The van der Waals surface area contributed by atoms with Gasteiger partial charge in [-0.3, -0.25) is 4.79 Å². The van der Waals surface area contributed by atoms with Crippen LogP contribution in [0.1, 0.15) is 11.1 Å². The van der Waals surface area contributed by atoms with Crippen LogP contribution < -0.4 is 5.73 Å². The average molecular weight is 216 g/mol. The van der Waals surface area contributed by atoms with Crippen LogP contribution in [-0.4, -0.2) is 13.1 Å². The quantitative estimate of drug-likeness (QED) is 0.604. The predicted octanol–water partition coefficient (Wildman–Crippen LogP) is 1.71. The van der Waals surface area contributed by atoms with Crippen molar-refractivity contribution in [1.29, 1.82) is 0 Å². The molecule has 4 heteroatoms. The number of carbonyl (C=O) groups excluding carboxylic acids is 1. The molecule has 0 spiro atoms. The van der Waals surface area contributed by atoms with E-state index in [0.29, 0.717) is 5.69 Å². The lowest BCUT2D eigenvalue weighted by atomic mass is 10.1. The Balaban J connectivity index is 0.00000169. The minimum absolute atomic E-state index is 0. The Morgan fingerprint density at radius 3 is 2.71 bits per heavy atom. The largest absolute Gasteiger partial charge is 0.469 e. The van der Waals surface area contributed by atoms with Crippen molar-refractivity contribution in [3.63, 3.8) is 0 Å². The molecule has 0 fully saturated rings. The minimum Gasteiger partial charge on any atom is -0.469 e. The smallest absolute Gasteiger partial charge is 0.309 e. The Labute approximate surface area is 89.7 Å². The maximum Gasteiger partial charge on any atom is 0.309 e. The van der Waals surface area contributed by atoms with Gasteiger partial charge in [0, 0.05) is 5.69 Å². The average Bonchev–Trinajstić information content (AvgIpc) is 2.11. The molecular formula is C10H14ClNO2. The molecule has 0 bridgehead atoms. The second kappa shape index (κ2) is 5.50. The van der Waals surface area contributed by atoms with E-state index in [-0.39, 0.29) is 24.8 Å². The highest BCUT2D eigenvalue weighted by Crippen LogP contribution is 2.13. The van der Waals surface area contributed by atoms with Gasteiger partial charge in [0.05, 0.1) is 13.5 Å². The van der Waals surface area contributed by atoms with Gasteiger partial charge in [-0.15, -0.1) is 12.4 Å². The molecule has 0 heterocycles. The van der Waals surface area contributed by atoms with Gasteiger partial charge in [-0.2, -0.15) is 0 Å². The summed E-state index contributed by atoms with van der Waals surface area (Å²) in [5.41, 5.74) is 8.24. The van der Waals surface area contributed by atoms with Gasteiger partial charge in [-0.05, 0) is 30.2 Å². The highest BCUT2D eigenvalue weighted by molar-refractivity contribution is 5.85. The summed E-state index contributed by atoms with van der Waals surface area (Å²) < 4.78 is 4.57. The van der Waals surface area contributed by atoms with E-state index < -0.39 is 0 Å². The molecule has 0 aliphatic heterocycles. The van der Waals surface area contributed by atoms with Crippen LogP contribution in [0.2, 0.25) is 0 Å². The van der Waals surface area contributed by atoms with E-state index in [1.807, 2.05) is 19.1 Å². The van der Waals surface area contributed by atoms with Crippen LogP contribution in [0.25, 0.3) is 0 Å². The zero-order chi connectivity index (χ0) is 9.84. The summed E-state index contributed by atoms with van der Waals surface area (Å²) >= 11 is 0. The summed E-state index contributed by atoms with van der Waals surface area (Å²) in [6.07, 6.45) is 0.285. The third-order valence-electron chi connectivity index (χ3n) is 1.94. The lowest BCUT2D eigenvalue weighted by Crippen LogP contribution is -2.06. The Kier molecular flexibility index (Phi) is 5.02. The summed E-state index contributed by atoms with van der Waals surface area (Å²) in [6, 6.07) is 5.51. The molecule has 0 saturated carbocycles. The fraction of sp³-hybridized carbons (Fsp3) is 0.300. The number of aryl methyl sites for hydroxylation is 1. The molecule has 1 aromatic rings. The number of ether oxygens (including phenoxy) is 1. The highest BCUT2D eigenvalue weighted by atomic mass is 35.5. The molecule has 78 valence electrons. The standard InChI is InChI=1S/C10H13NO2.ClH/c1-7-3-4-9(11)5-8(7)6-10(12)13-2;/h3-5H,6,11H2,1-2H3;1H. The molecule has 3 nitrogen and oxygen atoms in total. The molecule has 0 amide bonds. The number of rotatable bonds is 2. The zero-order valence-corrected chi connectivity index (χ0v) is 9.06. The molecule has 1 aromatic carbocycles. The number of nitrogen functional groups attached to an aromatic ring is 1. The van der Waals surface area contributed by atoms with Gasteiger partial charge >= 0.3 is 5.97 Å². The summed E-state index contributed by atoms with van der Waals surface area (Å²) in [4.78, 5) is 11.0. The molecule has 1 rings (SSSR count). The maximum absolute atomic E-state index is 11.0. The first-order chi connectivity index (χ1) is 6.13. The van der Waals surface area contributed by atoms with Gasteiger partial charge in [-0.25, -0.2) is 0 Å². The molecule has 0 atom stereocenters. The Hall–Kier alpha value is -1.22. The molecule has 0 radical (unpaired) electrons. The third-order valence-corrected chi connectivity index (χ3v) is 1.94. The first-order valence-electron chi connectivity index (χ1n) is 4.05. The first-order valence-corrected chi connectivity index (χ1v) is 4.05. The van der Waals surface area contributed by atoms with Gasteiger partial charge in [0.15, 0.2) is 0 Å². The van der Waals surface area contributed by atoms with Crippen molar-refractivity contribution < 1.29 is 9.53 Å². The number of benzene rings is 1. The van der Waals surface area contributed by atoms with E-state index >= 15 is 0 Å². The minimum atomic E-state index is -0.242. The SMILES string of the molecule is COC(=O)Cc1cc(N)ccc1C.Cl. The molecule has 14 heavy (non-hydrogen) atoms. The fourth-order valence-electron chi connectivity index (χ4n) is 1.11. The number of esters is 1. The molecule has 0 saturated heterocycles. The molecule has 2 N–H and O–H groups in total. The lowest BCUT2D eigenvalue weighted by molar-refractivity contribution is -0.139. The number of hydrogen-bond donors (Lipinski definition) is 1. The van der Waals surface area contributed by atoms with Crippen LogP contribution >= 0.6 is 12.4 Å². The van der Waals surface area contributed by atoms with Gasteiger partial charge in [0.2, 0.25) is 0 Å². The molecule has 0 unspecified atom stereocenters. The van der Waals surface area contributed by atoms with Crippen LogP contribution in [0.15, 0.2) is 18.2 Å². The number of anilines is 1. The van der Waals surface area contributed by atoms with E-state index in [1.165, 1.54) is 7.11 Å². The van der Waals surface area contributed by atoms with Gasteiger partial charge in [0.25, 0.3) is 0 Å². The highest BCUT2D eigenvalue weighted by Gasteiger charge is 2.05. The van der Waals surface area contributed by atoms with E-state index in [9.17, 15) is 4.79 Å². The molecular weight excluding hydrogens is 202 g/mol. The summed E-state index contributed by atoms with van der Waals surface area (Å²) in [6.45, 7) is 1.94. The third kappa shape index (κ3) is 3.26.